The number of hydrogen-bond acceptors (Lipinski definition) is 6. The van der Waals surface area contributed by atoms with Gasteiger partial charge in [-0.15, -0.1) is 0 Å². The monoisotopic (exact) mass is 325 g/mol. The second-order valence-electron chi connectivity index (χ2n) is 4.59. The van der Waals surface area contributed by atoms with Gasteiger partial charge in [0.25, 0.3) is 0 Å². The van der Waals surface area contributed by atoms with Crippen LogP contribution in [0.1, 0.15) is 25.0 Å². The second kappa shape index (κ2) is 5.00. The molecule has 0 spiro atoms. The summed E-state index contributed by atoms with van der Waals surface area (Å²) < 4.78 is 48.2. The van der Waals surface area contributed by atoms with E-state index in [9.17, 15) is 16.8 Å². The van der Waals surface area contributed by atoms with Crippen molar-refractivity contribution in [2.75, 3.05) is 10.5 Å². The van der Waals surface area contributed by atoms with E-state index < -0.39 is 20.0 Å². The number of rotatable bonds is 6. The summed E-state index contributed by atoms with van der Waals surface area (Å²) in [7, 11) is -7.34. The van der Waals surface area contributed by atoms with Crippen molar-refractivity contribution in [3.63, 3.8) is 0 Å². The van der Waals surface area contributed by atoms with Gasteiger partial charge in [-0.25, -0.2) is 27.0 Å². The SMILES string of the molecule is Cc1nc(NS(=O)(=O)CCC2CC2)sc1S(N)(=O)=O. The highest BCUT2D eigenvalue weighted by atomic mass is 32.2. The highest BCUT2D eigenvalue weighted by Crippen LogP contribution is 2.33. The Labute approximate surface area is 116 Å². The molecule has 1 heterocycles. The summed E-state index contributed by atoms with van der Waals surface area (Å²) in [6.45, 7) is 1.47. The molecule has 0 bridgehead atoms. The Morgan fingerprint density at radius 3 is 2.47 bits per heavy atom. The molecule has 108 valence electrons. The van der Waals surface area contributed by atoms with E-state index in [1.807, 2.05) is 0 Å². The maximum Gasteiger partial charge on any atom is 0.249 e. The van der Waals surface area contributed by atoms with Crippen LogP contribution in [0.3, 0.4) is 0 Å². The molecule has 7 nitrogen and oxygen atoms in total. The molecule has 0 aromatic carbocycles. The lowest BCUT2D eigenvalue weighted by Gasteiger charge is -2.03. The molecule has 1 aliphatic rings. The number of hydrogen-bond donors (Lipinski definition) is 2. The van der Waals surface area contributed by atoms with E-state index in [0.717, 1.165) is 24.2 Å². The molecule has 1 saturated carbocycles. The molecule has 1 aliphatic carbocycles. The fraction of sp³-hybridized carbons (Fsp3) is 0.667. The van der Waals surface area contributed by atoms with Gasteiger partial charge in [-0.3, -0.25) is 4.72 Å². The zero-order valence-corrected chi connectivity index (χ0v) is 12.7. The Bertz CT molecular complexity index is 674. The highest BCUT2D eigenvalue weighted by Gasteiger charge is 2.25. The standard InChI is InChI=1S/C9H15N3O4S3/c1-6-8(19(10,15)16)17-9(11-6)12-18(13,14)5-4-7-2-3-7/h7H,2-5H2,1H3,(H,11,12)(H2,10,15,16). The van der Waals surface area contributed by atoms with Gasteiger partial charge in [-0.2, -0.15) is 0 Å². The Morgan fingerprint density at radius 1 is 1.37 bits per heavy atom. The van der Waals surface area contributed by atoms with Gasteiger partial charge in [0.1, 0.15) is 0 Å². The molecule has 0 amide bonds. The van der Waals surface area contributed by atoms with Crippen LogP contribution in [0.2, 0.25) is 0 Å². The molecule has 0 saturated heterocycles. The second-order valence-corrected chi connectivity index (χ2v) is 9.19. The predicted octanol–water partition coefficient (Wildman–Crippen LogP) is 0.641. The van der Waals surface area contributed by atoms with E-state index in [-0.39, 0.29) is 20.8 Å². The van der Waals surface area contributed by atoms with Gasteiger partial charge in [0, 0.05) is 0 Å². The fourth-order valence-electron chi connectivity index (χ4n) is 1.60. The number of primary sulfonamides is 1. The van der Waals surface area contributed by atoms with Crippen molar-refractivity contribution < 1.29 is 16.8 Å². The summed E-state index contributed by atoms with van der Waals surface area (Å²) >= 11 is 0.729. The van der Waals surface area contributed by atoms with Crippen molar-refractivity contribution in [2.24, 2.45) is 11.1 Å². The molecule has 19 heavy (non-hydrogen) atoms. The van der Waals surface area contributed by atoms with E-state index in [2.05, 4.69) is 9.71 Å². The zero-order chi connectivity index (χ0) is 14.3. The van der Waals surface area contributed by atoms with E-state index in [4.69, 9.17) is 5.14 Å². The first-order valence-electron chi connectivity index (χ1n) is 5.68. The molecule has 0 radical (unpaired) electrons. The van der Waals surface area contributed by atoms with Crippen LogP contribution in [-0.2, 0) is 20.0 Å². The normalized spacial score (nSPS) is 16.5. The summed E-state index contributed by atoms with van der Waals surface area (Å²) in [4.78, 5) is 3.87. The van der Waals surface area contributed by atoms with Crippen molar-refractivity contribution in [1.82, 2.24) is 4.98 Å². The Hall–Kier alpha value is -0.710. The van der Waals surface area contributed by atoms with Crippen molar-refractivity contribution in [3.05, 3.63) is 5.69 Å². The number of nitrogens with zero attached hydrogens (tertiary/aromatic N) is 1. The number of sulfonamides is 2. The van der Waals surface area contributed by atoms with E-state index in [0.29, 0.717) is 12.3 Å². The summed E-state index contributed by atoms with van der Waals surface area (Å²) in [5.41, 5.74) is 0.201. The smallest absolute Gasteiger partial charge is 0.249 e. The summed E-state index contributed by atoms with van der Waals surface area (Å²) in [6, 6.07) is 0. The number of nitrogens with two attached hydrogens (primary N) is 1. The first-order chi connectivity index (χ1) is 8.67. The van der Waals surface area contributed by atoms with Crippen LogP contribution in [0, 0.1) is 12.8 Å². The Balaban J connectivity index is 2.10. The molecule has 3 N–H and O–H groups in total. The summed E-state index contributed by atoms with van der Waals surface area (Å²) in [5.74, 6) is 0.538. The van der Waals surface area contributed by atoms with Crippen LogP contribution in [0.25, 0.3) is 0 Å². The third-order valence-corrected chi connectivity index (χ3v) is 6.78. The van der Waals surface area contributed by atoms with Gasteiger partial charge in [0.05, 0.1) is 11.4 Å². The number of anilines is 1. The quantitative estimate of drug-likeness (QED) is 0.795. The van der Waals surface area contributed by atoms with Gasteiger partial charge < -0.3 is 0 Å². The maximum absolute atomic E-state index is 11.8. The molecule has 0 unspecified atom stereocenters. The highest BCUT2D eigenvalue weighted by molar-refractivity contribution is 7.93. The number of aromatic nitrogens is 1. The molecule has 1 aromatic heterocycles. The van der Waals surface area contributed by atoms with Crippen molar-refractivity contribution in [1.29, 1.82) is 0 Å². The maximum atomic E-state index is 11.8. The minimum atomic E-state index is -3.86. The molecule has 1 aromatic rings. The van der Waals surface area contributed by atoms with E-state index in [1.54, 1.807) is 0 Å². The fourth-order valence-corrected chi connectivity index (χ4v) is 4.92. The minimum Gasteiger partial charge on any atom is -0.259 e. The van der Waals surface area contributed by atoms with E-state index in [1.165, 1.54) is 6.92 Å². The van der Waals surface area contributed by atoms with Crippen LogP contribution in [0.4, 0.5) is 5.13 Å². The van der Waals surface area contributed by atoms with Crippen LogP contribution < -0.4 is 9.86 Å². The van der Waals surface area contributed by atoms with Gasteiger partial charge in [-0.05, 0) is 19.3 Å². The predicted molar refractivity (Wildman–Crippen MR) is 73.0 cm³/mol. The molecule has 0 aliphatic heterocycles. The van der Waals surface area contributed by atoms with Gasteiger partial charge in [-0.1, -0.05) is 24.2 Å². The van der Waals surface area contributed by atoms with E-state index >= 15 is 0 Å². The average molecular weight is 325 g/mol. The Kier molecular flexibility index (Phi) is 3.87. The lowest BCUT2D eigenvalue weighted by Crippen LogP contribution is -2.16. The van der Waals surface area contributed by atoms with Crippen LogP contribution >= 0.6 is 11.3 Å². The topological polar surface area (TPSA) is 119 Å². The largest absolute Gasteiger partial charge is 0.259 e. The van der Waals surface area contributed by atoms with Crippen LogP contribution in [0.5, 0.6) is 0 Å². The minimum absolute atomic E-state index is 0.0288. The van der Waals surface area contributed by atoms with Gasteiger partial charge >= 0.3 is 0 Å². The Morgan fingerprint density at radius 2 is 2.00 bits per heavy atom. The first-order valence-corrected chi connectivity index (χ1v) is 9.69. The van der Waals surface area contributed by atoms with Crippen molar-refractivity contribution in [2.45, 2.75) is 30.4 Å². The molecule has 0 atom stereocenters. The molecule has 1 fully saturated rings. The zero-order valence-electron chi connectivity index (χ0n) is 10.3. The number of nitrogens with one attached hydrogen (secondary N) is 1. The molecule has 2 rings (SSSR count). The summed E-state index contributed by atoms with van der Waals surface area (Å²) in [5, 5.41) is 5.05. The van der Waals surface area contributed by atoms with Crippen LogP contribution in [0.15, 0.2) is 4.21 Å². The third-order valence-electron chi connectivity index (χ3n) is 2.75. The number of thiazole rings is 1. The average Bonchev–Trinajstić information content (AvgIpc) is 2.98. The molecular weight excluding hydrogens is 310 g/mol. The molecule has 10 heteroatoms. The lowest BCUT2D eigenvalue weighted by atomic mass is 10.3. The summed E-state index contributed by atoms with van der Waals surface area (Å²) in [6.07, 6.45) is 2.80. The van der Waals surface area contributed by atoms with Gasteiger partial charge in [0.2, 0.25) is 20.0 Å². The first kappa shape index (κ1) is 14.7. The van der Waals surface area contributed by atoms with Crippen molar-refractivity contribution in [3.8, 4) is 0 Å². The van der Waals surface area contributed by atoms with Gasteiger partial charge in [0.15, 0.2) is 9.34 Å². The third kappa shape index (κ3) is 4.13. The van der Waals surface area contributed by atoms with Crippen molar-refractivity contribution >= 4 is 36.5 Å². The number of aryl methyl sites for hydroxylation is 1. The lowest BCUT2D eigenvalue weighted by molar-refractivity contribution is 0.595. The van der Waals surface area contributed by atoms with Crippen LogP contribution in [-0.4, -0.2) is 27.6 Å². The molecular formula is C9H15N3O4S3.